The number of sulfonamides is 1. The Morgan fingerprint density at radius 1 is 1.30 bits per heavy atom. The highest BCUT2D eigenvalue weighted by atomic mass is 32.2. The Hall–Kier alpha value is -2.77. The van der Waals surface area contributed by atoms with Crippen molar-refractivity contribution >= 4 is 23.0 Å². The van der Waals surface area contributed by atoms with Crippen molar-refractivity contribution in [1.29, 1.82) is 0 Å². The lowest BCUT2D eigenvalue weighted by molar-refractivity contribution is -0.123. The van der Waals surface area contributed by atoms with Crippen LogP contribution in [0.4, 0.5) is 0 Å². The Labute approximate surface area is 174 Å². The average molecular weight is 445 g/mol. The van der Waals surface area contributed by atoms with Gasteiger partial charge in [0.05, 0.1) is 24.2 Å². The van der Waals surface area contributed by atoms with E-state index in [9.17, 15) is 8.42 Å². The van der Waals surface area contributed by atoms with E-state index in [1.807, 2.05) is 18.7 Å². The van der Waals surface area contributed by atoms with Crippen molar-refractivity contribution in [2.24, 2.45) is 7.05 Å². The van der Waals surface area contributed by atoms with Crippen LogP contribution in [0.15, 0.2) is 10.6 Å². The van der Waals surface area contributed by atoms with Gasteiger partial charge in [0, 0.05) is 31.6 Å². The molecule has 1 atom stereocenters. The van der Waals surface area contributed by atoms with Crippen LogP contribution in [0, 0.1) is 6.92 Å². The second-order valence-electron chi connectivity index (χ2n) is 6.56. The third kappa shape index (κ3) is 8.31. The van der Waals surface area contributed by atoms with Crippen LogP contribution < -0.4 is 10.0 Å². The van der Waals surface area contributed by atoms with E-state index in [4.69, 9.17) is 24.3 Å². The van der Waals surface area contributed by atoms with Gasteiger partial charge in [-0.15, -0.1) is 0 Å². The van der Waals surface area contributed by atoms with Crippen LogP contribution in [0.2, 0.25) is 0 Å². The van der Waals surface area contributed by atoms with Crippen molar-refractivity contribution in [3.8, 4) is 0 Å². The standard InChI is InChI=1S/C15H23N5O3S.2CH2O2/c1-10-6-12(20(2)18-10)8-16-11-4-5-15-13(7-11)14(19-23-15)9-17-24(3,21)22;2*2-1-3/h6,11,16-17H,4-5,7-9H2,1-3H3;2*1H,(H,2,3). The summed E-state index contributed by atoms with van der Waals surface area (Å²) in [7, 11) is -1.30. The molecular weight excluding hydrogens is 418 g/mol. The lowest BCUT2D eigenvalue weighted by Gasteiger charge is -2.22. The van der Waals surface area contributed by atoms with Crippen molar-refractivity contribution < 1.29 is 32.7 Å². The van der Waals surface area contributed by atoms with Gasteiger partial charge in [0.15, 0.2) is 0 Å². The molecule has 0 spiro atoms. The van der Waals surface area contributed by atoms with E-state index in [0.29, 0.717) is 11.7 Å². The fraction of sp³-hybridized carbons (Fsp3) is 0.529. The molecule has 0 saturated heterocycles. The van der Waals surface area contributed by atoms with Crippen molar-refractivity contribution in [1.82, 2.24) is 25.0 Å². The molecule has 12 nitrogen and oxygen atoms in total. The van der Waals surface area contributed by atoms with Gasteiger partial charge in [0.2, 0.25) is 10.0 Å². The van der Waals surface area contributed by atoms with Gasteiger partial charge in [-0.25, -0.2) is 13.1 Å². The third-order valence-corrected chi connectivity index (χ3v) is 4.96. The molecule has 0 amide bonds. The number of carbonyl (C=O) groups is 2. The van der Waals surface area contributed by atoms with Crippen LogP contribution in [0.1, 0.15) is 34.8 Å². The van der Waals surface area contributed by atoms with Crippen LogP contribution in [0.25, 0.3) is 0 Å². The van der Waals surface area contributed by atoms with Gasteiger partial charge in [-0.05, 0) is 25.8 Å². The molecule has 168 valence electrons. The van der Waals surface area contributed by atoms with Crippen molar-refractivity contribution in [2.75, 3.05) is 6.26 Å². The summed E-state index contributed by atoms with van der Waals surface area (Å²) in [6.45, 7) is 2.40. The average Bonchev–Trinajstić information content (AvgIpc) is 3.20. The SMILES string of the molecule is Cc1cc(CNC2CCc3onc(CNS(C)(=O)=O)c3C2)n(C)n1.O=CO.O=CO. The minimum absolute atomic E-state index is 0.172. The summed E-state index contributed by atoms with van der Waals surface area (Å²) in [4.78, 5) is 16.7. The number of rotatable bonds is 6. The molecule has 0 saturated carbocycles. The number of carboxylic acid groups (broad SMARTS) is 2. The predicted molar refractivity (Wildman–Crippen MR) is 106 cm³/mol. The normalized spacial score (nSPS) is 15.1. The van der Waals surface area contributed by atoms with E-state index in [2.05, 4.69) is 26.4 Å². The molecule has 13 heteroatoms. The zero-order valence-corrected chi connectivity index (χ0v) is 17.8. The Morgan fingerprint density at radius 2 is 1.93 bits per heavy atom. The van der Waals surface area contributed by atoms with Gasteiger partial charge >= 0.3 is 0 Å². The van der Waals surface area contributed by atoms with E-state index in [-0.39, 0.29) is 19.5 Å². The highest BCUT2D eigenvalue weighted by molar-refractivity contribution is 7.88. The highest BCUT2D eigenvalue weighted by Crippen LogP contribution is 2.25. The van der Waals surface area contributed by atoms with Crippen molar-refractivity contribution in [2.45, 2.75) is 45.3 Å². The minimum Gasteiger partial charge on any atom is -0.483 e. The number of hydrogen-bond acceptors (Lipinski definition) is 8. The van der Waals surface area contributed by atoms with Gasteiger partial charge < -0.3 is 20.1 Å². The lowest BCUT2D eigenvalue weighted by Crippen LogP contribution is -2.35. The third-order valence-electron chi connectivity index (χ3n) is 4.29. The van der Waals surface area contributed by atoms with E-state index >= 15 is 0 Å². The second kappa shape index (κ2) is 12.0. The summed E-state index contributed by atoms with van der Waals surface area (Å²) in [5.74, 6) is 0.870. The number of aromatic nitrogens is 3. The molecule has 3 rings (SSSR count). The van der Waals surface area contributed by atoms with Gasteiger partial charge in [0.1, 0.15) is 11.5 Å². The first-order valence-electron chi connectivity index (χ1n) is 8.94. The van der Waals surface area contributed by atoms with Crippen LogP contribution in [0.5, 0.6) is 0 Å². The van der Waals surface area contributed by atoms with E-state index in [1.165, 1.54) is 0 Å². The molecule has 2 heterocycles. The van der Waals surface area contributed by atoms with Crippen LogP contribution in [-0.4, -0.2) is 58.8 Å². The number of hydrogen-bond donors (Lipinski definition) is 4. The maximum atomic E-state index is 11.3. The quantitative estimate of drug-likeness (QED) is 0.436. The molecule has 0 radical (unpaired) electrons. The van der Waals surface area contributed by atoms with E-state index in [0.717, 1.165) is 54.8 Å². The summed E-state index contributed by atoms with van der Waals surface area (Å²) in [6.07, 6.45) is 3.71. The topological polar surface area (TPSA) is 177 Å². The molecule has 0 fully saturated rings. The summed E-state index contributed by atoms with van der Waals surface area (Å²) in [5.41, 5.74) is 3.85. The molecule has 2 aromatic heterocycles. The van der Waals surface area contributed by atoms with E-state index in [1.54, 1.807) is 0 Å². The molecule has 1 aliphatic carbocycles. The zero-order valence-electron chi connectivity index (χ0n) is 17.0. The molecule has 0 aromatic carbocycles. The summed E-state index contributed by atoms with van der Waals surface area (Å²) >= 11 is 0. The monoisotopic (exact) mass is 445 g/mol. The molecule has 4 N–H and O–H groups in total. The van der Waals surface area contributed by atoms with Gasteiger partial charge in [0.25, 0.3) is 12.9 Å². The van der Waals surface area contributed by atoms with Gasteiger partial charge in [-0.2, -0.15) is 5.10 Å². The Morgan fingerprint density at radius 3 is 2.47 bits per heavy atom. The molecule has 0 aliphatic heterocycles. The maximum absolute atomic E-state index is 11.3. The largest absolute Gasteiger partial charge is 0.483 e. The fourth-order valence-corrected chi connectivity index (χ4v) is 3.45. The smallest absolute Gasteiger partial charge is 0.290 e. The number of nitrogens with zero attached hydrogens (tertiary/aromatic N) is 3. The fourth-order valence-electron chi connectivity index (χ4n) is 3.05. The Kier molecular flexibility index (Phi) is 10.1. The summed E-state index contributed by atoms with van der Waals surface area (Å²) < 4.78 is 32.2. The van der Waals surface area contributed by atoms with E-state index < -0.39 is 10.0 Å². The lowest BCUT2D eigenvalue weighted by atomic mass is 9.92. The molecular formula is C17H27N5O7S. The van der Waals surface area contributed by atoms with Crippen LogP contribution in [-0.2, 0) is 52.6 Å². The van der Waals surface area contributed by atoms with Crippen molar-refractivity contribution in [3.05, 3.63) is 34.5 Å². The second-order valence-corrected chi connectivity index (χ2v) is 8.39. The maximum Gasteiger partial charge on any atom is 0.290 e. The molecule has 0 bridgehead atoms. The van der Waals surface area contributed by atoms with Gasteiger partial charge in [-0.3, -0.25) is 14.3 Å². The summed E-state index contributed by atoms with van der Waals surface area (Å²) in [6, 6.07) is 2.38. The number of aryl methyl sites for hydroxylation is 3. The molecule has 2 aromatic rings. The molecule has 30 heavy (non-hydrogen) atoms. The van der Waals surface area contributed by atoms with Crippen LogP contribution in [0.3, 0.4) is 0 Å². The number of fused-ring (bicyclic) bond motifs is 1. The molecule has 1 aliphatic rings. The summed E-state index contributed by atoms with van der Waals surface area (Å²) in [5, 5.41) is 25.7. The Balaban J connectivity index is 0.000000672. The number of nitrogens with one attached hydrogen (secondary N) is 2. The first-order valence-corrected chi connectivity index (χ1v) is 10.8. The molecule has 1 unspecified atom stereocenters. The first-order chi connectivity index (χ1) is 14.1. The van der Waals surface area contributed by atoms with Gasteiger partial charge in [-0.1, -0.05) is 5.16 Å². The van der Waals surface area contributed by atoms with Crippen molar-refractivity contribution in [3.63, 3.8) is 0 Å². The predicted octanol–water partition coefficient (Wildman–Crippen LogP) is -0.186. The highest BCUT2D eigenvalue weighted by Gasteiger charge is 2.25. The van der Waals surface area contributed by atoms with Crippen LogP contribution >= 0.6 is 0 Å². The first kappa shape index (κ1) is 25.3. The Bertz CT molecular complexity index is 917. The minimum atomic E-state index is -3.25. The zero-order chi connectivity index (χ0) is 22.7.